The van der Waals surface area contributed by atoms with Crippen LogP contribution in [0.2, 0.25) is 0 Å². The average molecular weight is 291 g/mol. The van der Waals surface area contributed by atoms with Crippen molar-refractivity contribution in [3.63, 3.8) is 0 Å². The fourth-order valence-corrected chi connectivity index (χ4v) is 2.29. The first-order chi connectivity index (χ1) is 9.90. The number of benzene rings is 1. The van der Waals surface area contributed by atoms with E-state index in [9.17, 15) is 9.59 Å². The van der Waals surface area contributed by atoms with Crippen molar-refractivity contribution < 1.29 is 14.7 Å². The molecule has 0 aliphatic rings. The Kier molecular flexibility index (Phi) is 6.92. The number of carboxylic acids is 1. The highest BCUT2D eigenvalue weighted by Crippen LogP contribution is 2.11. The minimum Gasteiger partial charge on any atom is -0.478 e. The summed E-state index contributed by atoms with van der Waals surface area (Å²) in [6.07, 6.45) is 3.30. The van der Waals surface area contributed by atoms with Crippen LogP contribution < -0.4 is 5.32 Å². The topological polar surface area (TPSA) is 66.4 Å². The fraction of sp³-hybridized carbons (Fsp3) is 0.529. The first-order valence-electron chi connectivity index (χ1n) is 7.50. The van der Waals surface area contributed by atoms with Crippen molar-refractivity contribution >= 4 is 11.9 Å². The highest BCUT2D eigenvalue weighted by molar-refractivity contribution is 5.91. The SMILES string of the molecule is CC(C)CCCC(C)NC(=O)Cc1ccccc1C(=O)O. The molecule has 1 atom stereocenters. The molecule has 1 amide bonds. The van der Waals surface area contributed by atoms with Crippen molar-refractivity contribution in [1.82, 2.24) is 5.32 Å². The summed E-state index contributed by atoms with van der Waals surface area (Å²) in [5.41, 5.74) is 0.747. The molecular formula is C17H25NO3. The van der Waals surface area contributed by atoms with E-state index in [1.54, 1.807) is 18.2 Å². The molecule has 0 aliphatic carbocycles. The van der Waals surface area contributed by atoms with Crippen molar-refractivity contribution in [2.24, 2.45) is 5.92 Å². The summed E-state index contributed by atoms with van der Waals surface area (Å²) in [6.45, 7) is 6.36. The van der Waals surface area contributed by atoms with Crippen molar-refractivity contribution in [2.45, 2.75) is 52.5 Å². The van der Waals surface area contributed by atoms with Gasteiger partial charge in [0.25, 0.3) is 0 Å². The number of rotatable bonds is 8. The zero-order chi connectivity index (χ0) is 15.8. The maximum absolute atomic E-state index is 12.0. The number of carboxylic acid groups (broad SMARTS) is 1. The Labute approximate surface area is 126 Å². The van der Waals surface area contributed by atoms with Gasteiger partial charge in [0.2, 0.25) is 5.91 Å². The normalized spacial score (nSPS) is 12.2. The third-order valence-corrected chi connectivity index (χ3v) is 3.42. The van der Waals surface area contributed by atoms with Crippen LogP contribution in [0.5, 0.6) is 0 Å². The van der Waals surface area contributed by atoms with Gasteiger partial charge in [0, 0.05) is 6.04 Å². The van der Waals surface area contributed by atoms with Gasteiger partial charge in [0.05, 0.1) is 12.0 Å². The van der Waals surface area contributed by atoms with Crippen LogP contribution in [0.15, 0.2) is 24.3 Å². The number of carbonyl (C=O) groups excluding carboxylic acids is 1. The minimum absolute atomic E-state index is 0.108. The maximum atomic E-state index is 12.0. The number of hydrogen-bond donors (Lipinski definition) is 2. The van der Waals surface area contributed by atoms with Crippen molar-refractivity contribution in [3.8, 4) is 0 Å². The highest BCUT2D eigenvalue weighted by atomic mass is 16.4. The predicted octanol–water partition coefficient (Wildman–Crippen LogP) is 3.26. The zero-order valence-corrected chi connectivity index (χ0v) is 13.1. The van der Waals surface area contributed by atoms with E-state index in [1.165, 1.54) is 6.07 Å². The molecule has 0 aromatic heterocycles. The van der Waals surface area contributed by atoms with Crippen LogP contribution in [0.3, 0.4) is 0 Å². The lowest BCUT2D eigenvalue weighted by molar-refractivity contribution is -0.121. The third kappa shape index (κ3) is 6.43. The molecule has 0 fully saturated rings. The fourth-order valence-electron chi connectivity index (χ4n) is 2.29. The van der Waals surface area contributed by atoms with Gasteiger partial charge in [-0.3, -0.25) is 4.79 Å². The van der Waals surface area contributed by atoms with Gasteiger partial charge in [0.1, 0.15) is 0 Å². The van der Waals surface area contributed by atoms with E-state index < -0.39 is 5.97 Å². The van der Waals surface area contributed by atoms with E-state index >= 15 is 0 Å². The molecule has 0 saturated carbocycles. The van der Waals surface area contributed by atoms with Crippen LogP contribution in [-0.2, 0) is 11.2 Å². The maximum Gasteiger partial charge on any atom is 0.335 e. The molecule has 116 valence electrons. The van der Waals surface area contributed by atoms with E-state index in [0.717, 1.165) is 19.3 Å². The van der Waals surface area contributed by atoms with Gasteiger partial charge < -0.3 is 10.4 Å². The van der Waals surface area contributed by atoms with E-state index in [1.807, 2.05) is 6.92 Å². The first kappa shape index (κ1) is 17.2. The van der Waals surface area contributed by atoms with Gasteiger partial charge in [-0.05, 0) is 30.9 Å². The van der Waals surface area contributed by atoms with Gasteiger partial charge in [-0.25, -0.2) is 4.79 Å². The lowest BCUT2D eigenvalue weighted by atomic mass is 10.0. The Morgan fingerprint density at radius 2 is 1.81 bits per heavy atom. The Bertz CT molecular complexity index is 483. The van der Waals surface area contributed by atoms with E-state index in [-0.39, 0.29) is 23.9 Å². The Balaban J connectivity index is 2.48. The Hall–Kier alpha value is -1.84. The molecule has 1 rings (SSSR count). The van der Waals surface area contributed by atoms with Gasteiger partial charge in [-0.2, -0.15) is 0 Å². The highest BCUT2D eigenvalue weighted by Gasteiger charge is 2.13. The number of nitrogens with one attached hydrogen (secondary N) is 1. The molecule has 0 radical (unpaired) electrons. The first-order valence-corrected chi connectivity index (χ1v) is 7.50. The number of amides is 1. The average Bonchev–Trinajstić information content (AvgIpc) is 2.38. The second-order valence-electron chi connectivity index (χ2n) is 5.93. The van der Waals surface area contributed by atoms with Crippen LogP contribution in [0.25, 0.3) is 0 Å². The largest absolute Gasteiger partial charge is 0.478 e. The van der Waals surface area contributed by atoms with Gasteiger partial charge in [-0.15, -0.1) is 0 Å². The smallest absolute Gasteiger partial charge is 0.335 e. The third-order valence-electron chi connectivity index (χ3n) is 3.42. The molecule has 21 heavy (non-hydrogen) atoms. The zero-order valence-electron chi connectivity index (χ0n) is 13.1. The summed E-state index contributed by atoms with van der Waals surface area (Å²) in [5, 5.41) is 12.0. The summed E-state index contributed by atoms with van der Waals surface area (Å²) in [5.74, 6) is -0.445. The summed E-state index contributed by atoms with van der Waals surface area (Å²) >= 11 is 0. The molecule has 4 nitrogen and oxygen atoms in total. The van der Waals surface area contributed by atoms with Crippen LogP contribution in [0, 0.1) is 5.92 Å². The second kappa shape index (κ2) is 8.45. The van der Waals surface area contributed by atoms with Gasteiger partial charge >= 0.3 is 5.97 Å². The molecule has 0 spiro atoms. The molecular weight excluding hydrogens is 266 g/mol. The van der Waals surface area contributed by atoms with Gasteiger partial charge in [0.15, 0.2) is 0 Å². The lowest BCUT2D eigenvalue weighted by Crippen LogP contribution is -2.34. The molecule has 0 bridgehead atoms. The van der Waals surface area contributed by atoms with Crippen molar-refractivity contribution in [2.75, 3.05) is 0 Å². The number of aromatic carboxylic acids is 1. The van der Waals surface area contributed by atoms with E-state index in [4.69, 9.17) is 5.11 Å². The Morgan fingerprint density at radius 3 is 2.43 bits per heavy atom. The standard InChI is InChI=1S/C17H25NO3/c1-12(2)7-6-8-13(3)18-16(19)11-14-9-4-5-10-15(14)17(20)21/h4-5,9-10,12-13H,6-8,11H2,1-3H3,(H,18,19)(H,20,21). The monoisotopic (exact) mass is 291 g/mol. The van der Waals surface area contributed by atoms with Crippen LogP contribution in [-0.4, -0.2) is 23.0 Å². The molecule has 0 heterocycles. The molecule has 4 heteroatoms. The van der Waals surface area contributed by atoms with Crippen molar-refractivity contribution in [3.05, 3.63) is 35.4 Å². The molecule has 0 aliphatic heterocycles. The molecule has 2 N–H and O–H groups in total. The summed E-state index contributed by atoms with van der Waals surface area (Å²) in [7, 11) is 0. The second-order valence-corrected chi connectivity index (χ2v) is 5.93. The Morgan fingerprint density at radius 1 is 1.14 bits per heavy atom. The summed E-state index contributed by atoms with van der Waals surface area (Å²) < 4.78 is 0. The molecule has 1 aromatic carbocycles. The van der Waals surface area contributed by atoms with Crippen LogP contribution in [0.1, 0.15) is 56.0 Å². The number of carbonyl (C=O) groups is 2. The minimum atomic E-state index is -0.997. The van der Waals surface area contributed by atoms with E-state index in [0.29, 0.717) is 11.5 Å². The van der Waals surface area contributed by atoms with Crippen LogP contribution in [0.4, 0.5) is 0 Å². The predicted molar refractivity (Wildman–Crippen MR) is 83.4 cm³/mol. The molecule has 1 unspecified atom stereocenters. The molecule has 1 aromatic rings. The molecule has 0 saturated heterocycles. The van der Waals surface area contributed by atoms with E-state index in [2.05, 4.69) is 19.2 Å². The van der Waals surface area contributed by atoms with Crippen molar-refractivity contribution in [1.29, 1.82) is 0 Å². The summed E-state index contributed by atoms with van der Waals surface area (Å²) in [6, 6.07) is 6.75. The van der Waals surface area contributed by atoms with Crippen LogP contribution >= 0.6 is 0 Å². The number of hydrogen-bond acceptors (Lipinski definition) is 2. The summed E-state index contributed by atoms with van der Waals surface area (Å²) in [4.78, 5) is 23.1. The lowest BCUT2D eigenvalue weighted by Gasteiger charge is -2.15. The quantitative estimate of drug-likeness (QED) is 0.772. The van der Waals surface area contributed by atoms with Gasteiger partial charge in [-0.1, -0.05) is 44.9 Å².